The zero-order valence-electron chi connectivity index (χ0n) is 15.9. The van der Waals surface area contributed by atoms with Gasteiger partial charge < -0.3 is 28.4 Å². The van der Waals surface area contributed by atoms with Crippen molar-refractivity contribution in [3.8, 4) is 0 Å². The zero-order chi connectivity index (χ0) is 21.4. The van der Waals surface area contributed by atoms with Crippen LogP contribution in [0.15, 0.2) is 21.9 Å². The molecule has 5 atom stereocenters. The summed E-state index contributed by atoms with van der Waals surface area (Å²) in [4.78, 5) is 47.0. The molecule has 162 valence electrons. The molecule has 0 saturated carbocycles. The summed E-state index contributed by atoms with van der Waals surface area (Å²) in [6, 6.07) is 1.19. The largest absolute Gasteiger partial charge is 0.468 e. The van der Waals surface area contributed by atoms with E-state index < -0.39 is 54.2 Å². The predicted molar refractivity (Wildman–Crippen MR) is 102 cm³/mol. The number of ether oxygens (including phenoxy) is 4. The van der Waals surface area contributed by atoms with Gasteiger partial charge in [0.1, 0.15) is 24.9 Å². The van der Waals surface area contributed by atoms with E-state index in [2.05, 4.69) is 14.8 Å². The van der Waals surface area contributed by atoms with Gasteiger partial charge in [0, 0.05) is 12.3 Å². The molecule has 2 aliphatic heterocycles. The Balaban J connectivity index is 1.74. The predicted octanol–water partition coefficient (Wildman–Crippen LogP) is -1.05. The van der Waals surface area contributed by atoms with E-state index in [0.717, 1.165) is 0 Å². The first kappa shape index (κ1) is 22.2. The maximum atomic E-state index is 12.2. The fourth-order valence-corrected chi connectivity index (χ4v) is 4.25. The molecule has 0 bridgehead atoms. The molecule has 0 spiro atoms. The second kappa shape index (κ2) is 8.36. The van der Waals surface area contributed by atoms with Gasteiger partial charge in [-0.2, -0.15) is 0 Å². The molecule has 0 aromatic carbocycles. The molecule has 2 saturated heterocycles. The summed E-state index contributed by atoms with van der Waals surface area (Å²) in [5.74, 6) is -1.55. The highest BCUT2D eigenvalue weighted by molar-refractivity contribution is 8.08. The van der Waals surface area contributed by atoms with Gasteiger partial charge in [-0.05, 0) is 25.7 Å². The van der Waals surface area contributed by atoms with Gasteiger partial charge in [0.15, 0.2) is 12.0 Å². The van der Waals surface area contributed by atoms with Gasteiger partial charge in [0.05, 0.1) is 13.7 Å². The van der Waals surface area contributed by atoms with Gasteiger partial charge in [-0.15, -0.1) is 0 Å². The van der Waals surface area contributed by atoms with Crippen molar-refractivity contribution in [3.63, 3.8) is 0 Å². The van der Waals surface area contributed by atoms with Crippen molar-refractivity contribution in [1.82, 2.24) is 14.6 Å². The van der Waals surface area contributed by atoms with Crippen LogP contribution in [0.25, 0.3) is 0 Å². The lowest BCUT2D eigenvalue weighted by atomic mass is 10.1. The Morgan fingerprint density at radius 2 is 2.10 bits per heavy atom. The number of nitrogens with zero attached hydrogens (tertiary/aromatic N) is 1. The van der Waals surface area contributed by atoms with E-state index in [1.54, 1.807) is 13.8 Å². The van der Waals surface area contributed by atoms with E-state index in [-0.39, 0.29) is 13.2 Å². The number of nitrogens with one attached hydrogen (secondary N) is 2. The van der Waals surface area contributed by atoms with Gasteiger partial charge in [0.25, 0.3) is 12.2 Å². The second-order valence-corrected chi connectivity index (χ2v) is 9.97. The molecule has 14 heteroatoms. The lowest BCUT2D eigenvalue weighted by Crippen LogP contribution is -2.37. The molecular formula is C15H22N3O9PS. The van der Waals surface area contributed by atoms with Crippen molar-refractivity contribution in [1.29, 1.82) is 0 Å². The summed E-state index contributed by atoms with van der Waals surface area (Å²) >= 11 is 4.97. The summed E-state index contributed by atoms with van der Waals surface area (Å²) in [7, 11) is 1.20. The Morgan fingerprint density at radius 3 is 2.76 bits per heavy atom. The van der Waals surface area contributed by atoms with Gasteiger partial charge in [-0.3, -0.25) is 19.1 Å². The van der Waals surface area contributed by atoms with E-state index in [1.807, 2.05) is 0 Å². The molecule has 2 fully saturated rings. The van der Waals surface area contributed by atoms with E-state index in [0.29, 0.717) is 0 Å². The van der Waals surface area contributed by atoms with Crippen molar-refractivity contribution in [2.45, 2.75) is 44.2 Å². The third-order valence-corrected chi connectivity index (χ3v) is 6.08. The maximum Gasteiger partial charge on any atom is 0.330 e. The van der Waals surface area contributed by atoms with Crippen molar-refractivity contribution >= 4 is 24.4 Å². The summed E-state index contributed by atoms with van der Waals surface area (Å²) < 4.78 is 28.7. The number of carbonyl (C=O) groups excluding carboxylic acids is 1. The third-order valence-electron chi connectivity index (χ3n) is 4.32. The number of methoxy groups -OCH3 is 1. The molecule has 0 radical (unpaired) electrons. The number of H-pyrrole nitrogens is 1. The molecule has 29 heavy (non-hydrogen) atoms. The smallest absolute Gasteiger partial charge is 0.330 e. The Bertz CT molecular complexity index is 932. The van der Waals surface area contributed by atoms with E-state index in [9.17, 15) is 19.3 Å². The first-order valence-corrected chi connectivity index (χ1v) is 11.3. The molecule has 1 aromatic rings. The summed E-state index contributed by atoms with van der Waals surface area (Å²) in [6.45, 7) is -0.572. The van der Waals surface area contributed by atoms with Crippen LogP contribution in [0.5, 0.6) is 0 Å². The summed E-state index contributed by atoms with van der Waals surface area (Å²) in [6.07, 6.45) is -1.61. The van der Waals surface area contributed by atoms with Crippen LogP contribution < -0.4 is 16.3 Å². The van der Waals surface area contributed by atoms with Crippen molar-refractivity contribution in [2.24, 2.45) is 0 Å². The Hall–Kier alpha value is -1.44. The van der Waals surface area contributed by atoms with Crippen molar-refractivity contribution < 1.29 is 33.2 Å². The Kier molecular flexibility index (Phi) is 6.41. The van der Waals surface area contributed by atoms with Gasteiger partial charge in [0.2, 0.25) is 0 Å². The number of fused-ring (bicyclic) bond motifs is 1. The highest BCUT2D eigenvalue weighted by Gasteiger charge is 2.56. The van der Waals surface area contributed by atoms with Crippen LogP contribution >= 0.6 is 6.64 Å². The standard InChI is InChI=1S/C15H22N3O9PS/c1-15(2)26-11-8(7-24-28(22,29)16-6-10(20)23-3)25-13(12(11)27-15)18-5-4-9(19)17-14(18)21/h4-5,8,11-13H,6-7H2,1-3H3,(H2,16,22,29)(H,17,19,21)/t8-,11-,12-,13-,28?/m1/s1. The van der Waals surface area contributed by atoms with Crippen LogP contribution in [0, 0.1) is 0 Å². The summed E-state index contributed by atoms with van der Waals surface area (Å²) in [5, 5.41) is 2.43. The number of carbonyl (C=O) groups is 1. The third kappa shape index (κ3) is 5.19. The van der Waals surface area contributed by atoms with Crippen LogP contribution in [0.2, 0.25) is 0 Å². The number of esters is 1. The average molecular weight is 451 g/mol. The van der Waals surface area contributed by atoms with Crippen molar-refractivity contribution in [2.75, 3.05) is 20.3 Å². The van der Waals surface area contributed by atoms with Crippen LogP contribution in [-0.4, -0.2) is 64.8 Å². The Labute approximate surface area is 170 Å². The molecular weight excluding hydrogens is 429 g/mol. The van der Waals surface area contributed by atoms with Gasteiger partial charge in [-0.25, -0.2) is 9.88 Å². The Morgan fingerprint density at radius 1 is 1.41 bits per heavy atom. The lowest BCUT2D eigenvalue weighted by Gasteiger charge is -2.25. The minimum Gasteiger partial charge on any atom is -0.468 e. The van der Waals surface area contributed by atoms with Crippen LogP contribution in [-0.2, 0) is 40.1 Å². The van der Waals surface area contributed by atoms with Crippen LogP contribution in [0.4, 0.5) is 0 Å². The first-order chi connectivity index (χ1) is 13.5. The number of aromatic nitrogens is 2. The molecule has 3 rings (SSSR count). The molecule has 1 unspecified atom stereocenters. The molecule has 0 amide bonds. The molecule has 12 nitrogen and oxygen atoms in total. The summed E-state index contributed by atoms with van der Waals surface area (Å²) in [5.41, 5.74) is -1.20. The second-order valence-electron chi connectivity index (χ2n) is 6.87. The highest BCUT2D eigenvalue weighted by atomic mass is 32.5. The fraction of sp³-hybridized carbons (Fsp3) is 0.667. The van der Waals surface area contributed by atoms with Gasteiger partial charge >= 0.3 is 11.7 Å². The minimum atomic E-state index is -3.50. The normalized spacial score (nSPS) is 29.9. The maximum absolute atomic E-state index is 12.2. The zero-order valence-corrected chi connectivity index (χ0v) is 17.6. The monoisotopic (exact) mass is 451 g/mol. The first-order valence-electron chi connectivity index (χ1n) is 8.63. The number of hydrogen-bond donors (Lipinski definition) is 3. The van der Waals surface area contributed by atoms with Crippen molar-refractivity contribution in [3.05, 3.63) is 33.1 Å². The molecule has 2 aliphatic rings. The minimum absolute atomic E-state index is 0.183. The molecule has 1 aromatic heterocycles. The molecule has 0 aliphatic carbocycles. The van der Waals surface area contributed by atoms with E-state index in [1.165, 1.54) is 23.9 Å². The topological polar surface area (TPSA) is 150 Å². The quantitative estimate of drug-likeness (QED) is 0.344. The number of rotatable bonds is 7. The number of aromatic amines is 1. The average Bonchev–Trinajstić information content (AvgIpc) is 3.11. The van der Waals surface area contributed by atoms with Gasteiger partial charge in [-0.1, -0.05) is 0 Å². The number of hydrogen-bond acceptors (Lipinski definition) is 9. The van der Waals surface area contributed by atoms with Crippen LogP contribution in [0.3, 0.4) is 0 Å². The van der Waals surface area contributed by atoms with E-state index in [4.69, 9.17) is 30.5 Å². The lowest BCUT2D eigenvalue weighted by molar-refractivity contribution is -0.199. The highest BCUT2D eigenvalue weighted by Crippen LogP contribution is 2.44. The SMILES string of the molecule is COC(=O)CNP(O)(=S)OC[C@H]1O[C@@H](n2ccc(=O)[nH]c2=O)[C@@H]2OC(C)(C)O[C@@H]21. The van der Waals surface area contributed by atoms with Crippen LogP contribution in [0.1, 0.15) is 20.1 Å². The molecule has 3 heterocycles. The fourth-order valence-electron chi connectivity index (χ4n) is 3.10. The molecule has 3 N–H and O–H groups in total. The van der Waals surface area contributed by atoms with E-state index >= 15 is 0 Å².